The maximum Gasteiger partial charge on any atom is 0.222 e. The van der Waals surface area contributed by atoms with Gasteiger partial charge in [-0.15, -0.1) is 0 Å². The zero-order valence-corrected chi connectivity index (χ0v) is 18.8. The number of piperazine rings is 1. The van der Waals surface area contributed by atoms with Crippen molar-refractivity contribution in [3.05, 3.63) is 41.8 Å². The van der Waals surface area contributed by atoms with Crippen molar-refractivity contribution < 1.29 is 9.18 Å². The van der Waals surface area contributed by atoms with E-state index in [-0.39, 0.29) is 17.1 Å². The fraction of sp³-hybridized carbons (Fsp3) is 0.542. The van der Waals surface area contributed by atoms with Crippen LogP contribution in [0.25, 0.3) is 11.4 Å². The third-order valence-electron chi connectivity index (χ3n) is 5.36. The zero-order chi connectivity index (χ0) is 21.9. The molecule has 162 valence electrons. The first-order valence-corrected chi connectivity index (χ1v) is 10.7. The van der Waals surface area contributed by atoms with Crippen LogP contribution in [0.4, 0.5) is 10.2 Å². The molecule has 1 aliphatic heterocycles. The molecule has 0 aliphatic carbocycles. The quantitative estimate of drug-likeness (QED) is 0.714. The number of aromatic nitrogens is 2. The molecule has 1 atom stereocenters. The van der Waals surface area contributed by atoms with Crippen molar-refractivity contribution in [1.29, 1.82) is 0 Å². The standard InChI is InChI=1S/C24H33FN4O/c1-17(16-24(3,4)5)13-22(30)29-11-9-28(10-12-29)21-14-18(2)26-23(27-21)19-7-6-8-20(25)15-19/h6-8,14-15,17H,9-13,16H2,1-5H3/t17-/m0/s1. The van der Waals surface area contributed by atoms with Crippen LogP contribution in [-0.4, -0.2) is 47.0 Å². The van der Waals surface area contributed by atoms with Gasteiger partial charge in [0.2, 0.25) is 5.91 Å². The van der Waals surface area contributed by atoms with Gasteiger partial charge in [-0.25, -0.2) is 14.4 Å². The van der Waals surface area contributed by atoms with Crippen LogP contribution in [0, 0.1) is 24.1 Å². The summed E-state index contributed by atoms with van der Waals surface area (Å²) in [5, 5.41) is 0. The Kier molecular flexibility index (Phi) is 6.74. The summed E-state index contributed by atoms with van der Waals surface area (Å²) >= 11 is 0. The highest BCUT2D eigenvalue weighted by atomic mass is 19.1. The van der Waals surface area contributed by atoms with E-state index in [0.29, 0.717) is 36.8 Å². The topological polar surface area (TPSA) is 49.3 Å². The van der Waals surface area contributed by atoms with Crippen molar-refractivity contribution in [3.63, 3.8) is 0 Å². The molecule has 0 bridgehead atoms. The first-order chi connectivity index (χ1) is 14.1. The minimum absolute atomic E-state index is 0.239. The van der Waals surface area contributed by atoms with Gasteiger partial charge in [0.25, 0.3) is 0 Å². The molecule has 1 amide bonds. The van der Waals surface area contributed by atoms with Crippen LogP contribution in [0.2, 0.25) is 0 Å². The summed E-state index contributed by atoms with van der Waals surface area (Å²) in [6.07, 6.45) is 1.65. The number of carbonyl (C=O) groups excluding carboxylic acids is 1. The largest absolute Gasteiger partial charge is 0.353 e. The van der Waals surface area contributed by atoms with E-state index in [1.54, 1.807) is 6.07 Å². The van der Waals surface area contributed by atoms with Gasteiger partial charge in [-0.2, -0.15) is 0 Å². The Morgan fingerprint density at radius 2 is 1.83 bits per heavy atom. The summed E-state index contributed by atoms with van der Waals surface area (Å²) in [6.45, 7) is 13.6. The van der Waals surface area contributed by atoms with Crippen LogP contribution in [0.1, 0.15) is 46.2 Å². The molecule has 0 N–H and O–H groups in total. The van der Waals surface area contributed by atoms with E-state index < -0.39 is 0 Å². The van der Waals surface area contributed by atoms with Gasteiger partial charge in [0.15, 0.2) is 5.82 Å². The van der Waals surface area contributed by atoms with E-state index in [2.05, 4.69) is 42.6 Å². The molecule has 1 aromatic heterocycles. The Morgan fingerprint density at radius 3 is 2.47 bits per heavy atom. The van der Waals surface area contributed by atoms with Gasteiger partial charge in [-0.3, -0.25) is 4.79 Å². The molecule has 1 fully saturated rings. The number of aryl methyl sites for hydroxylation is 1. The zero-order valence-electron chi connectivity index (χ0n) is 18.8. The van der Waals surface area contributed by atoms with E-state index in [1.807, 2.05) is 24.0 Å². The molecule has 0 unspecified atom stereocenters. The molecule has 0 radical (unpaired) electrons. The molecule has 2 aromatic rings. The second kappa shape index (κ2) is 9.11. The predicted molar refractivity (Wildman–Crippen MR) is 119 cm³/mol. The summed E-state index contributed by atoms with van der Waals surface area (Å²) < 4.78 is 13.6. The highest BCUT2D eigenvalue weighted by molar-refractivity contribution is 5.76. The van der Waals surface area contributed by atoms with E-state index in [4.69, 9.17) is 0 Å². The predicted octanol–water partition coefficient (Wildman–Crippen LogP) is 4.70. The Bertz CT molecular complexity index is 885. The summed E-state index contributed by atoms with van der Waals surface area (Å²) in [6, 6.07) is 8.30. The normalized spacial score (nSPS) is 15.9. The Hall–Kier alpha value is -2.50. The van der Waals surface area contributed by atoms with Crippen LogP contribution in [0.5, 0.6) is 0 Å². The lowest BCUT2D eigenvalue weighted by Crippen LogP contribution is -2.49. The highest BCUT2D eigenvalue weighted by Gasteiger charge is 2.25. The number of halogens is 1. The van der Waals surface area contributed by atoms with E-state index >= 15 is 0 Å². The van der Waals surface area contributed by atoms with Crippen molar-refractivity contribution in [2.45, 2.75) is 47.5 Å². The summed E-state index contributed by atoms with van der Waals surface area (Å²) in [4.78, 5) is 26.0. The number of hydrogen-bond acceptors (Lipinski definition) is 4. The molecule has 0 spiro atoms. The smallest absolute Gasteiger partial charge is 0.222 e. The number of hydrogen-bond donors (Lipinski definition) is 0. The van der Waals surface area contributed by atoms with Crippen molar-refractivity contribution in [2.24, 2.45) is 11.3 Å². The summed E-state index contributed by atoms with van der Waals surface area (Å²) in [5.41, 5.74) is 1.75. The number of rotatable bonds is 5. The second-order valence-corrected chi connectivity index (χ2v) is 9.64. The van der Waals surface area contributed by atoms with Gasteiger partial charge in [-0.05, 0) is 36.8 Å². The van der Waals surface area contributed by atoms with Crippen LogP contribution in [-0.2, 0) is 4.79 Å². The molecular formula is C24H33FN4O. The number of amides is 1. The SMILES string of the molecule is Cc1cc(N2CCN(C(=O)C[C@H](C)CC(C)(C)C)CC2)nc(-c2cccc(F)c2)n1. The molecule has 2 heterocycles. The number of carbonyl (C=O) groups is 1. The number of nitrogens with zero attached hydrogens (tertiary/aromatic N) is 4. The van der Waals surface area contributed by atoms with E-state index in [9.17, 15) is 9.18 Å². The minimum Gasteiger partial charge on any atom is -0.353 e. The van der Waals surface area contributed by atoms with Crippen molar-refractivity contribution in [1.82, 2.24) is 14.9 Å². The summed E-state index contributed by atoms with van der Waals surface area (Å²) in [7, 11) is 0. The molecule has 5 nitrogen and oxygen atoms in total. The molecule has 1 saturated heterocycles. The lowest BCUT2D eigenvalue weighted by molar-refractivity contribution is -0.132. The number of anilines is 1. The molecule has 30 heavy (non-hydrogen) atoms. The molecule has 1 aliphatic rings. The van der Waals surface area contributed by atoms with Gasteiger partial charge in [0.05, 0.1) is 0 Å². The van der Waals surface area contributed by atoms with Gasteiger partial charge in [0, 0.05) is 49.9 Å². The van der Waals surface area contributed by atoms with Gasteiger partial charge in [0.1, 0.15) is 11.6 Å². The van der Waals surface area contributed by atoms with Crippen LogP contribution < -0.4 is 4.90 Å². The molecule has 6 heteroatoms. The van der Waals surface area contributed by atoms with Crippen LogP contribution in [0.3, 0.4) is 0 Å². The van der Waals surface area contributed by atoms with Gasteiger partial charge < -0.3 is 9.80 Å². The maximum absolute atomic E-state index is 13.6. The van der Waals surface area contributed by atoms with Crippen LogP contribution in [0.15, 0.2) is 30.3 Å². The first kappa shape index (κ1) is 22.2. The van der Waals surface area contributed by atoms with Crippen molar-refractivity contribution in [3.8, 4) is 11.4 Å². The third kappa shape index (κ3) is 6.00. The number of benzene rings is 1. The monoisotopic (exact) mass is 412 g/mol. The Morgan fingerprint density at radius 1 is 1.13 bits per heavy atom. The van der Waals surface area contributed by atoms with E-state index in [0.717, 1.165) is 31.0 Å². The minimum atomic E-state index is -0.299. The lowest BCUT2D eigenvalue weighted by Gasteiger charge is -2.36. The van der Waals surface area contributed by atoms with Gasteiger partial charge in [-0.1, -0.05) is 39.8 Å². The van der Waals surface area contributed by atoms with Gasteiger partial charge >= 0.3 is 0 Å². The summed E-state index contributed by atoms with van der Waals surface area (Å²) in [5.74, 6) is 1.68. The van der Waals surface area contributed by atoms with Crippen molar-refractivity contribution >= 4 is 11.7 Å². The van der Waals surface area contributed by atoms with Crippen molar-refractivity contribution in [2.75, 3.05) is 31.1 Å². The highest BCUT2D eigenvalue weighted by Crippen LogP contribution is 2.27. The lowest BCUT2D eigenvalue weighted by atomic mass is 9.84. The first-order valence-electron chi connectivity index (χ1n) is 10.7. The average molecular weight is 413 g/mol. The fourth-order valence-electron chi connectivity index (χ4n) is 4.20. The maximum atomic E-state index is 13.6. The van der Waals surface area contributed by atoms with Crippen LogP contribution >= 0.6 is 0 Å². The average Bonchev–Trinajstić information content (AvgIpc) is 2.66. The molecule has 1 aromatic carbocycles. The molecular weight excluding hydrogens is 379 g/mol. The van der Waals surface area contributed by atoms with E-state index in [1.165, 1.54) is 12.1 Å². The second-order valence-electron chi connectivity index (χ2n) is 9.64. The third-order valence-corrected chi connectivity index (χ3v) is 5.36. The Balaban J connectivity index is 1.63. The molecule has 3 rings (SSSR count). The fourth-order valence-corrected chi connectivity index (χ4v) is 4.20. The molecule has 0 saturated carbocycles. The Labute approximate surface area is 179 Å².